The monoisotopic (exact) mass is 414 g/mol. The number of aryl methyl sites for hydroxylation is 1. The number of hydrogen-bond donors (Lipinski definition) is 1. The van der Waals surface area contributed by atoms with Gasteiger partial charge in [-0.3, -0.25) is 4.68 Å². The van der Waals surface area contributed by atoms with Crippen molar-refractivity contribution in [1.82, 2.24) is 24.2 Å². The van der Waals surface area contributed by atoms with Gasteiger partial charge in [0.25, 0.3) is 0 Å². The van der Waals surface area contributed by atoms with E-state index in [0.29, 0.717) is 5.95 Å². The third-order valence-electron chi connectivity index (χ3n) is 3.78. The third kappa shape index (κ3) is 5.92. The molecule has 0 aliphatic heterocycles. The van der Waals surface area contributed by atoms with E-state index in [0.717, 1.165) is 26.9 Å². The predicted molar refractivity (Wildman–Crippen MR) is 112 cm³/mol. The quantitative estimate of drug-likeness (QED) is 0.618. The summed E-state index contributed by atoms with van der Waals surface area (Å²) in [5.41, 5.74) is 2.78. The lowest BCUT2D eigenvalue weighted by Gasteiger charge is -2.23. The van der Waals surface area contributed by atoms with Crippen LogP contribution in [-0.2, 0) is 18.3 Å². The summed E-state index contributed by atoms with van der Waals surface area (Å²) in [6, 6.07) is 9.46. The molecule has 1 aromatic carbocycles. The van der Waals surface area contributed by atoms with Crippen LogP contribution in [0.5, 0.6) is 0 Å². The minimum Gasteiger partial charge on any atom is -0.443 e. The van der Waals surface area contributed by atoms with Crippen molar-refractivity contribution in [3.63, 3.8) is 0 Å². The zero-order valence-electron chi connectivity index (χ0n) is 16.8. The summed E-state index contributed by atoms with van der Waals surface area (Å²) in [5.74, 6) is 0.483. The second kappa shape index (κ2) is 8.48. The van der Waals surface area contributed by atoms with Crippen LogP contribution in [0.3, 0.4) is 0 Å². The molecule has 0 fully saturated rings. The van der Waals surface area contributed by atoms with E-state index in [4.69, 9.17) is 16.5 Å². The number of benzene rings is 1. The Morgan fingerprint density at radius 1 is 1.24 bits per heavy atom. The molecule has 0 atom stereocenters. The molecule has 9 heteroatoms. The van der Waals surface area contributed by atoms with E-state index in [1.54, 1.807) is 37.8 Å². The molecule has 8 nitrogen and oxygen atoms in total. The second-order valence-corrected chi connectivity index (χ2v) is 7.90. The summed E-state index contributed by atoms with van der Waals surface area (Å²) in [6.07, 6.45) is 4.66. The number of rotatable bonds is 5. The lowest BCUT2D eigenvalue weighted by molar-refractivity contribution is 0.0383. The molecule has 2 heterocycles. The Morgan fingerprint density at radius 3 is 2.59 bits per heavy atom. The van der Waals surface area contributed by atoms with Crippen LogP contribution in [0.1, 0.15) is 26.3 Å². The van der Waals surface area contributed by atoms with Gasteiger partial charge in [0.15, 0.2) is 0 Å². The topological polar surface area (TPSA) is 85.2 Å². The second-order valence-electron chi connectivity index (χ2n) is 7.49. The minimum absolute atomic E-state index is 0.230. The molecular formula is C20H23ClN6O2. The maximum atomic E-state index is 12.0. The Morgan fingerprint density at radius 2 is 1.97 bits per heavy atom. The van der Waals surface area contributed by atoms with E-state index in [1.165, 1.54) is 0 Å². The van der Waals surface area contributed by atoms with Gasteiger partial charge in [0.05, 0.1) is 24.1 Å². The number of carbonyl (C=O) groups excluding carboxylic acids is 1. The first-order chi connectivity index (χ1) is 13.7. The first-order valence-corrected chi connectivity index (χ1v) is 9.38. The van der Waals surface area contributed by atoms with Crippen molar-refractivity contribution in [1.29, 1.82) is 0 Å². The molecule has 0 bridgehead atoms. The van der Waals surface area contributed by atoms with Crippen molar-refractivity contribution >= 4 is 29.5 Å². The first-order valence-electron chi connectivity index (χ1n) is 9.04. The van der Waals surface area contributed by atoms with E-state index in [2.05, 4.69) is 20.4 Å². The maximum Gasteiger partial charge on any atom is 0.425 e. The molecule has 2 aromatic heterocycles. The number of nitrogens with one attached hydrogen (secondary N) is 1. The molecule has 3 rings (SSSR count). The molecule has 0 radical (unpaired) electrons. The number of anilines is 2. The number of aromatic nitrogens is 4. The highest BCUT2D eigenvalue weighted by atomic mass is 35.5. The number of nitrogens with zero attached hydrogens (tertiary/aromatic N) is 5. The van der Waals surface area contributed by atoms with Crippen LogP contribution in [-0.4, -0.2) is 35.9 Å². The highest BCUT2D eigenvalue weighted by molar-refractivity contribution is 6.20. The average molecular weight is 415 g/mol. The molecule has 0 aliphatic carbocycles. The molecule has 0 saturated heterocycles. The standard InChI is InChI=1S/C20H23ClN6O2/c1-20(2,3)29-19(28)27(21)12-14-5-7-15(8-6-14)17-9-10-22-18(25-17)24-16-11-23-26(4)13-16/h5-11,13H,12H2,1-4H3,(H,22,24,25). The van der Waals surface area contributed by atoms with Crippen LogP contribution in [0, 0.1) is 0 Å². The number of halogens is 1. The van der Waals surface area contributed by atoms with Crippen LogP contribution < -0.4 is 5.32 Å². The zero-order valence-corrected chi connectivity index (χ0v) is 17.5. The Balaban J connectivity index is 1.67. The Labute approximate surface area is 174 Å². The smallest absolute Gasteiger partial charge is 0.425 e. The van der Waals surface area contributed by atoms with E-state index in [1.807, 2.05) is 43.6 Å². The molecule has 1 amide bonds. The van der Waals surface area contributed by atoms with Gasteiger partial charge in [0.1, 0.15) is 5.60 Å². The predicted octanol–water partition coefficient (Wildman–Crippen LogP) is 4.51. The fourth-order valence-electron chi connectivity index (χ4n) is 2.51. The van der Waals surface area contributed by atoms with Crippen LogP contribution in [0.15, 0.2) is 48.9 Å². The fourth-order valence-corrected chi connectivity index (χ4v) is 2.68. The number of carbonyl (C=O) groups is 1. The van der Waals surface area contributed by atoms with Crippen molar-refractivity contribution in [2.45, 2.75) is 32.9 Å². The minimum atomic E-state index is -0.595. The third-order valence-corrected chi connectivity index (χ3v) is 4.04. The zero-order chi connectivity index (χ0) is 21.0. The molecule has 1 N–H and O–H groups in total. The molecular weight excluding hydrogens is 392 g/mol. The highest BCUT2D eigenvalue weighted by Gasteiger charge is 2.21. The highest BCUT2D eigenvalue weighted by Crippen LogP contribution is 2.21. The fraction of sp³-hybridized carbons (Fsp3) is 0.300. The van der Waals surface area contributed by atoms with Gasteiger partial charge in [0, 0.05) is 36.8 Å². The van der Waals surface area contributed by atoms with Gasteiger partial charge in [0.2, 0.25) is 5.95 Å². The lowest BCUT2D eigenvalue weighted by atomic mass is 10.1. The van der Waals surface area contributed by atoms with E-state index in [9.17, 15) is 4.79 Å². The van der Waals surface area contributed by atoms with Crippen molar-refractivity contribution in [2.24, 2.45) is 7.05 Å². The molecule has 3 aromatic rings. The number of amides is 1. The van der Waals surface area contributed by atoms with Gasteiger partial charge in [-0.15, -0.1) is 0 Å². The molecule has 152 valence electrons. The van der Waals surface area contributed by atoms with Gasteiger partial charge in [-0.1, -0.05) is 24.3 Å². The van der Waals surface area contributed by atoms with Crippen molar-refractivity contribution in [3.05, 3.63) is 54.5 Å². The van der Waals surface area contributed by atoms with Gasteiger partial charge in [-0.2, -0.15) is 5.10 Å². The van der Waals surface area contributed by atoms with Gasteiger partial charge in [-0.05, 0) is 32.4 Å². The molecule has 0 saturated carbocycles. The summed E-state index contributed by atoms with van der Waals surface area (Å²) in [7, 11) is 1.84. The average Bonchev–Trinajstić information content (AvgIpc) is 3.06. The van der Waals surface area contributed by atoms with Crippen LogP contribution in [0.25, 0.3) is 11.3 Å². The molecule has 0 spiro atoms. The number of hydrogen-bond acceptors (Lipinski definition) is 6. The Hall–Kier alpha value is -3.13. The first kappa shape index (κ1) is 20.6. The van der Waals surface area contributed by atoms with Gasteiger partial charge >= 0.3 is 6.09 Å². The van der Waals surface area contributed by atoms with Crippen molar-refractivity contribution in [2.75, 3.05) is 5.32 Å². The Kier molecular flexibility index (Phi) is 6.03. The van der Waals surface area contributed by atoms with Crippen LogP contribution in [0.4, 0.5) is 16.4 Å². The van der Waals surface area contributed by atoms with Crippen molar-refractivity contribution < 1.29 is 9.53 Å². The summed E-state index contributed by atoms with van der Waals surface area (Å²) >= 11 is 6.05. The van der Waals surface area contributed by atoms with E-state index in [-0.39, 0.29) is 6.54 Å². The summed E-state index contributed by atoms with van der Waals surface area (Å²) in [4.78, 5) is 20.8. The molecule has 0 unspecified atom stereocenters. The van der Waals surface area contributed by atoms with Gasteiger partial charge < -0.3 is 10.1 Å². The Bertz CT molecular complexity index is 981. The van der Waals surface area contributed by atoms with E-state index < -0.39 is 11.7 Å². The van der Waals surface area contributed by atoms with Crippen LogP contribution in [0.2, 0.25) is 0 Å². The van der Waals surface area contributed by atoms with E-state index >= 15 is 0 Å². The SMILES string of the molecule is Cn1cc(Nc2nccc(-c3ccc(CN(Cl)C(=O)OC(C)(C)C)cc3)n2)cn1. The normalized spacial score (nSPS) is 11.2. The summed E-state index contributed by atoms with van der Waals surface area (Å²) in [6.45, 7) is 5.62. The summed E-state index contributed by atoms with van der Waals surface area (Å²) in [5, 5.41) is 7.23. The lowest BCUT2D eigenvalue weighted by Crippen LogP contribution is -2.31. The maximum absolute atomic E-state index is 12.0. The summed E-state index contributed by atoms with van der Waals surface area (Å²) < 4.78 is 7.98. The number of ether oxygens (including phenoxy) is 1. The largest absolute Gasteiger partial charge is 0.443 e. The molecule has 0 aliphatic rings. The van der Waals surface area contributed by atoms with Crippen molar-refractivity contribution in [3.8, 4) is 11.3 Å². The van der Waals surface area contributed by atoms with Gasteiger partial charge in [-0.25, -0.2) is 19.2 Å². The van der Waals surface area contributed by atoms with Crippen LogP contribution >= 0.6 is 11.8 Å². The molecule has 29 heavy (non-hydrogen) atoms.